The van der Waals surface area contributed by atoms with Gasteiger partial charge < -0.3 is 10.7 Å². The van der Waals surface area contributed by atoms with Gasteiger partial charge in [-0.25, -0.2) is 0 Å². The fourth-order valence-corrected chi connectivity index (χ4v) is 2.47. The predicted octanol–water partition coefficient (Wildman–Crippen LogP) is 3.00. The van der Waals surface area contributed by atoms with Crippen LogP contribution < -0.4 is 5.73 Å². The third-order valence-corrected chi connectivity index (χ3v) is 3.40. The molecule has 0 radical (unpaired) electrons. The minimum absolute atomic E-state index is 0. The van der Waals surface area contributed by atoms with E-state index in [1.54, 1.807) is 0 Å². The van der Waals surface area contributed by atoms with Crippen molar-refractivity contribution in [1.29, 1.82) is 0 Å². The Kier molecular flexibility index (Phi) is 4.43. The molecule has 0 atom stereocenters. The quantitative estimate of drug-likeness (QED) is 0.813. The molecule has 0 amide bonds. The maximum absolute atomic E-state index is 5.60. The molecule has 0 aliphatic heterocycles. The van der Waals surface area contributed by atoms with Gasteiger partial charge in [0, 0.05) is 14.7 Å². The highest BCUT2D eigenvalue weighted by Crippen LogP contribution is 2.25. The summed E-state index contributed by atoms with van der Waals surface area (Å²) in [6.07, 6.45) is 0.950. The summed E-state index contributed by atoms with van der Waals surface area (Å²) in [5, 5.41) is 1.32. The molecule has 4 heteroatoms. The average Bonchev–Trinajstić information content (AvgIpc) is 2.47. The van der Waals surface area contributed by atoms with Gasteiger partial charge in [0.05, 0.1) is 5.52 Å². The Morgan fingerprint density at radius 1 is 1.40 bits per heavy atom. The van der Waals surface area contributed by atoms with Crippen molar-refractivity contribution in [3.63, 3.8) is 0 Å². The molecule has 15 heavy (non-hydrogen) atoms. The van der Waals surface area contributed by atoms with Crippen LogP contribution in [-0.4, -0.2) is 11.5 Å². The summed E-state index contributed by atoms with van der Waals surface area (Å²) in [5.74, 6) is 0. The molecule has 0 bridgehead atoms. The van der Waals surface area contributed by atoms with Crippen molar-refractivity contribution >= 4 is 45.9 Å². The van der Waals surface area contributed by atoms with Crippen LogP contribution >= 0.6 is 35.0 Å². The number of H-pyrrole nitrogens is 1. The molecule has 2 aromatic rings. The first kappa shape index (κ1) is 12.8. The monoisotopic (exact) mass is 336 g/mol. The maximum Gasteiger partial charge on any atom is 0.0594 e. The van der Waals surface area contributed by atoms with Crippen molar-refractivity contribution in [2.45, 2.75) is 13.3 Å². The van der Waals surface area contributed by atoms with Gasteiger partial charge in [-0.05, 0) is 54.1 Å². The van der Waals surface area contributed by atoms with Crippen LogP contribution in [0.3, 0.4) is 0 Å². The lowest BCUT2D eigenvalue weighted by Gasteiger charge is -1.98. The molecule has 1 aromatic heterocycles. The minimum atomic E-state index is 0. The molecule has 1 aromatic carbocycles. The van der Waals surface area contributed by atoms with Gasteiger partial charge in [-0.3, -0.25) is 0 Å². The number of hydrogen-bond acceptors (Lipinski definition) is 1. The highest BCUT2D eigenvalue weighted by Gasteiger charge is 2.08. The van der Waals surface area contributed by atoms with Crippen molar-refractivity contribution in [1.82, 2.24) is 4.98 Å². The van der Waals surface area contributed by atoms with Gasteiger partial charge in [-0.15, -0.1) is 12.4 Å². The van der Waals surface area contributed by atoms with E-state index in [1.807, 2.05) is 0 Å². The van der Waals surface area contributed by atoms with Crippen LogP contribution in [0.1, 0.15) is 11.3 Å². The first-order valence-electron chi connectivity index (χ1n) is 4.69. The molecule has 0 saturated carbocycles. The third-order valence-electron chi connectivity index (χ3n) is 2.50. The summed E-state index contributed by atoms with van der Waals surface area (Å²) in [4.78, 5) is 3.42. The lowest BCUT2D eigenvalue weighted by atomic mass is 10.1. The number of aromatic amines is 1. The van der Waals surface area contributed by atoms with Crippen molar-refractivity contribution in [3.8, 4) is 0 Å². The lowest BCUT2D eigenvalue weighted by Crippen LogP contribution is -2.03. The van der Waals surface area contributed by atoms with E-state index in [9.17, 15) is 0 Å². The molecular weight excluding hydrogens is 322 g/mol. The Morgan fingerprint density at radius 3 is 2.80 bits per heavy atom. The third kappa shape index (κ3) is 2.29. The fraction of sp³-hybridized carbons (Fsp3) is 0.273. The second-order valence-electron chi connectivity index (χ2n) is 3.43. The molecular formula is C11H14ClIN2. The number of benzene rings is 1. The molecule has 82 valence electrons. The number of para-hydroxylation sites is 1. The first-order chi connectivity index (χ1) is 6.74. The number of rotatable bonds is 2. The summed E-state index contributed by atoms with van der Waals surface area (Å²) < 4.78 is 1.27. The zero-order valence-corrected chi connectivity index (χ0v) is 11.5. The normalized spacial score (nSPS) is 10.3. The second-order valence-corrected chi connectivity index (χ2v) is 4.59. The van der Waals surface area contributed by atoms with Gasteiger partial charge in [0.25, 0.3) is 0 Å². The largest absolute Gasteiger partial charge is 0.358 e. The smallest absolute Gasteiger partial charge is 0.0594 e. The van der Waals surface area contributed by atoms with Crippen LogP contribution in [0, 0.1) is 10.5 Å². The molecule has 0 saturated heterocycles. The standard InChI is InChI=1S/C11H13IN2.ClH/c1-7-8(5-6-13)9-3-2-4-10(12)11(9)14-7;/h2-4,14H,5-6,13H2,1H3;1H. The summed E-state index contributed by atoms with van der Waals surface area (Å²) >= 11 is 2.35. The van der Waals surface area contributed by atoms with E-state index in [1.165, 1.54) is 25.7 Å². The Labute approximate surface area is 109 Å². The lowest BCUT2D eigenvalue weighted by molar-refractivity contribution is 0.963. The number of hydrogen-bond donors (Lipinski definition) is 2. The van der Waals surface area contributed by atoms with Crippen molar-refractivity contribution < 1.29 is 0 Å². The van der Waals surface area contributed by atoms with Crippen LogP contribution in [0.25, 0.3) is 10.9 Å². The van der Waals surface area contributed by atoms with Crippen molar-refractivity contribution in [2.75, 3.05) is 6.54 Å². The van der Waals surface area contributed by atoms with Gasteiger partial charge in [-0.1, -0.05) is 12.1 Å². The molecule has 0 aliphatic carbocycles. The highest BCUT2D eigenvalue weighted by molar-refractivity contribution is 14.1. The topological polar surface area (TPSA) is 41.8 Å². The first-order valence-corrected chi connectivity index (χ1v) is 5.77. The van der Waals surface area contributed by atoms with Crippen molar-refractivity contribution in [3.05, 3.63) is 33.0 Å². The van der Waals surface area contributed by atoms with E-state index in [2.05, 4.69) is 52.7 Å². The average molecular weight is 337 g/mol. The number of aryl methyl sites for hydroxylation is 1. The Morgan fingerprint density at radius 2 is 2.13 bits per heavy atom. The molecule has 0 aliphatic rings. The fourth-order valence-electron chi connectivity index (χ4n) is 1.83. The zero-order valence-electron chi connectivity index (χ0n) is 8.51. The number of halogens is 2. The number of nitrogens with two attached hydrogens (primary N) is 1. The van der Waals surface area contributed by atoms with Crippen LogP contribution in [-0.2, 0) is 6.42 Å². The van der Waals surface area contributed by atoms with Crippen LogP contribution in [0.15, 0.2) is 18.2 Å². The molecule has 2 nitrogen and oxygen atoms in total. The molecule has 0 spiro atoms. The Bertz CT molecular complexity index is 465. The van der Waals surface area contributed by atoms with Gasteiger partial charge in [0.15, 0.2) is 0 Å². The highest BCUT2D eigenvalue weighted by atomic mass is 127. The van der Waals surface area contributed by atoms with Gasteiger partial charge in [-0.2, -0.15) is 0 Å². The van der Waals surface area contributed by atoms with E-state index < -0.39 is 0 Å². The zero-order chi connectivity index (χ0) is 10.1. The summed E-state index contributed by atoms with van der Waals surface area (Å²) in [6, 6.07) is 6.37. The molecule has 0 unspecified atom stereocenters. The molecule has 2 rings (SSSR count). The second kappa shape index (κ2) is 5.18. The SMILES string of the molecule is Cc1[nH]c2c(I)cccc2c1CCN.Cl. The van der Waals surface area contributed by atoms with Crippen LogP contribution in [0.2, 0.25) is 0 Å². The van der Waals surface area contributed by atoms with Crippen molar-refractivity contribution in [2.24, 2.45) is 5.73 Å². The number of aromatic nitrogens is 1. The summed E-state index contributed by atoms with van der Waals surface area (Å²) in [5.41, 5.74) is 9.45. The minimum Gasteiger partial charge on any atom is -0.358 e. The van der Waals surface area contributed by atoms with E-state index >= 15 is 0 Å². The van der Waals surface area contributed by atoms with E-state index in [0.29, 0.717) is 6.54 Å². The van der Waals surface area contributed by atoms with E-state index in [0.717, 1.165) is 6.42 Å². The molecule has 1 heterocycles. The Balaban J connectivity index is 0.00000112. The van der Waals surface area contributed by atoms with Crippen LogP contribution in [0.5, 0.6) is 0 Å². The maximum atomic E-state index is 5.60. The van der Waals surface area contributed by atoms with Crippen LogP contribution in [0.4, 0.5) is 0 Å². The molecule has 3 N–H and O–H groups in total. The summed E-state index contributed by atoms with van der Waals surface area (Å²) in [7, 11) is 0. The van der Waals surface area contributed by atoms with Gasteiger partial charge >= 0.3 is 0 Å². The predicted molar refractivity (Wildman–Crippen MR) is 75.8 cm³/mol. The number of fused-ring (bicyclic) bond motifs is 1. The number of nitrogens with one attached hydrogen (secondary N) is 1. The van der Waals surface area contributed by atoms with E-state index in [4.69, 9.17) is 5.73 Å². The van der Waals surface area contributed by atoms with E-state index in [-0.39, 0.29) is 12.4 Å². The summed E-state index contributed by atoms with van der Waals surface area (Å²) in [6.45, 7) is 2.82. The molecule has 0 fully saturated rings. The Hall–Kier alpha value is -0.260. The van der Waals surface area contributed by atoms with Gasteiger partial charge in [0.1, 0.15) is 0 Å². The van der Waals surface area contributed by atoms with Gasteiger partial charge in [0.2, 0.25) is 0 Å².